The molecule has 5 nitrogen and oxygen atoms in total. The summed E-state index contributed by atoms with van der Waals surface area (Å²) in [5.41, 5.74) is 1.98. The standard InChI is InChI=1S/C21H14N2O3/c24-21(25)20-22-18-9-5-4-8-17(18)19(23-20)14-10-12-16(13-11-14)26-15-6-2-1-3-7-15/h1-13H,(H,24,25). The first kappa shape index (κ1) is 15.8. The molecule has 0 aliphatic heterocycles. The SMILES string of the molecule is O=C(O)c1nc(-c2ccc(Oc3ccccc3)cc2)c2ccccc2n1. The fraction of sp³-hybridized carbons (Fsp3) is 0. The van der Waals surface area contributed by atoms with Gasteiger partial charge in [-0.3, -0.25) is 0 Å². The Morgan fingerprint density at radius 1 is 0.769 bits per heavy atom. The Bertz CT molecular complexity index is 1080. The van der Waals surface area contributed by atoms with Gasteiger partial charge < -0.3 is 9.84 Å². The lowest BCUT2D eigenvalue weighted by molar-refractivity contribution is 0.0684. The number of hydrogen-bond donors (Lipinski definition) is 1. The van der Waals surface area contributed by atoms with Crippen molar-refractivity contribution in [2.24, 2.45) is 0 Å². The van der Waals surface area contributed by atoms with E-state index in [2.05, 4.69) is 9.97 Å². The largest absolute Gasteiger partial charge is 0.475 e. The number of para-hydroxylation sites is 2. The minimum Gasteiger partial charge on any atom is -0.475 e. The number of benzene rings is 3. The van der Waals surface area contributed by atoms with Gasteiger partial charge in [-0.25, -0.2) is 14.8 Å². The van der Waals surface area contributed by atoms with Crippen LogP contribution in [0, 0.1) is 0 Å². The summed E-state index contributed by atoms with van der Waals surface area (Å²) in [6, 6.07) is 24.2. The molecule has 0 aliphatic rings. The van der Waals surface area contributed by atoms with Crippen LogP contribution in [0.3, 0.4) is 0 Å². The van der Waals surface area contributed by atoms with Gasteiger partial charge in [-0.2, -0.15) is 0 Å². The number of ether oxygens (including phenoxy) is 1. The predicted octanol–water partition coefficient (Wildman–Crippen LogP) is 4.79. The van der Waals surface area contributed by atoms with E-state index in [1.54, 1.807) is 6.07 Å². The van der Waals surface area contributed by atoms with E-state index in [0.717, 1.165) is 16.7 Å². The zero-order valence-electron chi connectivity index (χ0n) is 13.7. The molecule has 0 bridgehead atoms. The monoisotopic (exact) mass is 342 g/mol. The summed E-state index contributed by atoms with van der Waals surface area (Å²) in [5, 5.41) is 10.1. The van der Waals surface area contributed by atoms with Crippen LogP contribution >= 0.6 is 0 Å². The van der Waals surface area contributed by atoms with E-state index in [1.807, 2.05) is 72.8 Å². The summed E-state index contributed by atoms with van der Waals surface area (Å²) in [4.78, 5) is 19.7. The predicted molar refractivity (Wildman–Crippen MR) is 98.4 cm³/mol. The number of hydrogen-bond acceptors (Lipinski definition) is 4. The second-order valence-corrected chi connectivity index (χ2v) is 5.66. The second-order valence-electron chi connectivity index (χ2n) is 5.66. The molecule has 0 aliphatic carbocycles. The second kappa shape index (κ2) is 6.64. The Balaban J connectivity index is 1.74. The van der Waals surface area contributed by atoms with Crippen molar-refractivity contribution < 1.29 is 14.6 Å². The maximum atomic E-state index is 11.3. The molecule has 0 radical (unpaired) electrons. The fourth-order valence-corrected chi connectivity index (χ4v) is 2.70. The average Bonchev–Trinajstić information content (AvgIpc) is 2.68. The molecule has 126 valence electrons. The number of carboxylic acid groups (broad SMARTS) is 1. The summed E-state index contributed by atoms with van der Waals surface area (Å²) in [6.07, 6.45) is 0. The van der Waals surface area contributed by atoms with E-state index < -0.39 is 5.97 Å². The Labute approximate surface area is 149 Å². The molecular weight excluding hydrogens is 328 g/mol. The number of carbonyl (C=O) groups is 1. The third-order valence-electron chi connectivity index (χ3n) is 3.90. The van der Waals surface area contributed by atoms with Crippen molar-refractivity contribution in [3.8, 4) is 22.8 Å². The number of aromatic nitrogens is 2. The van der Waals surface area contributed by atoms with Gasteiger partial charge in [-0.05, 0) is 42.5 Å². The van der Waals surface area contributed by atoms with E-state index in [-0.39, 0.29) is 5.82 Å². The molecule has 0 unspecified atom stereocenters. The lowest BCUT2D eigenvalue weighted by Gasteiger charge is -2.09. The molecule has 5 heteroatoms. The topological polar surface area (TPSA) is 72.3 Å². The van der Waals surface area contributed by atoms with E-state index in [0.29, 0.717) is 17.0 Å². The Kier molecular flexibility index (Phi) is 4.03. The molecule has 0 spiro atoms. The molecule has 3 aromatic carbocycles. The Morgan fingerprint density at radius 2 is 1.42 bits per heavy atom. The fourth-order valence-electron chi connectivity index (χ4n) is 2.70. The Morgan fingerprint density at radius 3 is 2.15 bits per heavy atom. The van der Waals surface area contributed by atoms with E-state index in [9.17, 15) is 9.90 Å². The van der Waals surface area contributed by atoms with Crippen molar-refractivity contribution >= 4 is 16.9 Å². The highest BCUT2D eigenvalue weighted by molar-refractivity contribution is 5.95. The van der Waals surface area contributed by atoms with Gasteiger partial charge in [-0.15, -0.1) is 0 Å². The third kappa shape index (κ3) is 3.10. The van der Waals surface area contributed by atoms with Crippen LogP contribution in [-0.2, 0) is 0 Å². The Hall–Kier alpha value is -3.73. The summed E-state index contributed by atoms with van der Waals surface area (Å²) < 4.78 is 5.79. The van der Waals surface area contributed by atoms with Gasteiger partial charge in [-0.1, -0.05) is 36.4 Å². The maximum absolute atomic E-state index is 11.3. The molecule has 4 aromatic rings. The lowest BCUT2D eigenvalue weighted by Crippen LogP contribution is -2.05. The van der Waals surface area contributed by atoms with Gasteiger partial charge in [0.1, 0.15) is 11.5 Å². The lowest BCUT2D eigenvalue weighted by atomic mass is 10.1. The molecule has 26 heavy (non-hydrogen) atoms. The van der Waals surface area contributed by atoms with Crippen molar-refractivity contribution in [1.82, 2.24) is 9.97 Å². The molecule has 0 fully saturated rings. The van der Waals surface area contributed by atoms with Crippen molar-refractivity contribution in [1.29, 1.82) is 0 Å². The highest BCUT2D eigenvalue weighted by Crippen LogP contribution is 2.29. The number of rotatable bonds is 4. The van der Waals surface area contributed by atoms with Crippen LogP contribution < -0.4 is 4.74 Å². The number of aromatic carboxylic acids is 1. The van der Waals surface area contributed by atoms with Crippen LogP contribution in [0.15, 0.2) is 78.9 Å². The highest BCUT2D eigenvalue weighted by atomic mass is 16.5. The van der Waals surface area contributed by atoms with E-state index in [1.165, 1.54) is 0 Å². The van der Waals surface area contributed by atoms with Crippen molar-refractivity contribution in [2.75, 3.05) is 0 Å². The molecular formula is C21H14N2O3. The summed E-state index contributed by atoms with van der Waals surface area (Å²) in [5.74, 6) is 0.0713. The van der Waals surface area contributed by atoms with Gasteiger partial charge in [0, 0.05) is 10.9 Å². The molecule has 0 amide bonds. The molecule has 0 saturated heterocycles. The van der Waals surface area contributed by atoms with Gasteiger partial charge in [0.05, 0.1) is 11.2 Å². The zero-order valence-corrected chi connectivity index (χ0v) is 13.7. The minimum atomic E-state index is -1.15. The summed E-state index contributed by atoms with van der Waals surface area (Å²) >= 11 is 0. The third-order valence-corrected chi connectivity index (χ3v) is 3.90. The van der Waals surface area contributed by atoms with E-state index in [4.69, 9.17) is 4.74 Å². The maximum Gasteiger partial charge on any atom is 0.373 e. The smallest absolute Gasteiger partial charge is 0.373 e. The number of fused-ring (bicyclic) bond motifs is 1. The van der Waals surface area contributed by atoms with Gasteiger partial charge in [0.25, 0.3) is 0 Å². The van der Waals surface area contributed by atoms with Crippen LogP contribution in [0.4, 0.5) is 0 Å². The number of nitrogens with zero attached hydrogens (tertiary/aromatic N) is 2. The summed E-state index contributed by atoms with van der Waals surface area (Å²) in [7, 11) is 0. The van der Waals surface area contributed by atoms with Crippen LogP contribution in [-0.4, -0.2) is 21.0 Å². The molecule has 1 N–H and O–H groups in total. The molecule has 0 saturated carbocycles. The first-order valence-electron chi connectivity index (χ1n) is 8.04. The molecule has 0 atom stereocenters. The van der Waals surface area contributed by atoms with Crippen LogP contribution in [0.2, 0.25) is 0 Å². The summed E-state index contributed by atoms with van der Waals surface area (Å²) in [6.45, 7) is 0. The normalized spacial score (nSPS) is 10.6. The van der Waals surface area contributed by atoms with E-state index >= 15 is 0 Å². The highest BCUT2D eigenvalue weighted by Gasteiger charge is 2.14. The molecule has 1 heterocycles. The zero-order chi connectivity index (χ0) is 17.9. The first-order chi connectivity index (χ1) is 12.7. The number of carboxylic acids is 1. The molecule has 1 aromatic heterocycles. The molecule has 4 rings (SSSR count). The minimum absolute atomic E-state index is 0.219. The average molecular weight is 342 g/mol. The van der Waals surface area contributed by atoms with Gasteiger partial charge in [0.2, 0.25) is 5.82 Å². The van der Waals surface area contributed by atoms with Crippen LogP contribution in [0.1, 0.15) is 10.6 Å². The van der Waals surface area contributed by atoms with Crippen LogP contribution in [0.5, 0.6) is 11.5 Å². The van der Waals surface area contributed by atoms with Crippen molar-refractivity contribution in [3.63, 3.8) is 0 Å². The van der Waals surface area contributed by atoms with Gasteiger partial charge >= 0.3 is 5.97 Å². The first-order valence-corrected chi connectivity index (χ1v) is 8.04. The van der Waals surface area contributed by atoms with Gasteiger partial charge in [0.15, 0.2) is 0 Å². The van der Waals surface area contributed by atoms with Crippen molar-refractivity contribution in [2.45, 2.75) is 0 Å². The van der Waals surface area contributed by atoms with Crippen molar-refractivity contribution in [3.05, 3.63) is 84.7 Å². The van der Waals surface area contributed by atoms with Crippen LogP contribution in [0.25, 0.3) is 22.2 Å². The quantitative estimate of drug-likeness (QED) is 0.577.